The minimum Gasteiger partial charge on any atom is -0.433 e. The van der Waals surface area contributed by atoms with Crippen LogP contribution in [0.2, 0.25) is 0 Å². The molecule has 0 fully saturated rings. The van der Waals surface area contributed by atoms with Crippen molar-refractivity contribution in [3.05, 3.63) is 58.7 Å². The summed E-state index contributed by atoms with van der Waals surface area (Å²) in [6.45, 7) is 13.2. The minimum absolute atomic E-state index is 0.00340. The zero-order chi connectivity index (χ0) is 20.7. The van der Waals surface area contributed by atoms with Gasteiger partial charge in [0.2, 0.25) is 5.52 Å². The number of rotatable bonds is 0. The van der Waals surface area contributed by atoms with Crippen LogP contribution in [0.25, 0.3) is 33.1 Å². The number of aromatic nitrogens is 2. The maximum atomic E-state index is 6.45. The van der Waals surface area contributed by atoms with E-state index in [1.165, 1.54) is 38.6 Å². The smallest absolute Gasteiger partial charge is 0.294 e. The first-order valence-electron chi connectivity index (χ1n) is 10.2. The van der Waals surface area contributed by atoms with E-state index in [1.54, 1.807) is 0 Å². The lowest BCUT2D eigenvalue weighted by Gasteiger charge is -2.24. The van der Waals surface area contributed by atoms with Gasteiger partial charge in [-0.05, 0) is 59.9 Å². The van der Waals surface area contributed by atoms with Gasteiger partial charge < -0.3 is 4.74 Å². The molecule has 2 heterocycles. The molecular weight excluding hydrogens is 356 g/mol. The predicted molar refractivity (Wildman–Crippen MR) is 119 cm³/mol. The van der Waals surface area contributed by atoms with Crippen molar-refractivity contribution in [3.8, 4) is 22.9 Å². The quantitative estimate of drug-likeness (QED) is 0.297. The van der Waals surface area contributed by atoms with Crippen LogP contribution in [0.3, 0.4) is 0 Å². The number of para-hydroxylation sites is 1. The molecule has 1 aromatic heterocycles. The summed E-state index contributed by atoms with van der Waals surface area (Å²) in [7, 11) is 2.13. The van der Waals surface area contributed by atoms with Gasteiger partial charge in [-0.3, -0.25) is 0 Å². The zero-order valence-electron chi connectivity index (χ0n) is 18.3. The third kappa shape index (κ3) is 2.50. The predicted octanol–water partition coefficient (Wildman–Crippen LogP) is 6.21. The van der Waals surface area contributed by atoms with Crippen molar-refractivity contribution >= 4 is 21.8 Å². The van der Waals surface area contributed by atoms with Crippen LogP contribution in [-0.2, 0) is 12.5 Å². The van der Waals surface area contributed by atoms with E-state index in [4.69, 9.17) is 9.72 Å². The zero-order valence-corrected chi connectivity index (χ0v) is 18.3. The second-order valence-electron chi connectivity index (χ2n) is 9.40. The SMILES string of the molecule is Cc1cc2c3c(c(C)c(C)cc3c1)-c1c(nc3c(C(C)(C)C)cccc3[n+]1C)O2. The van der Waals surface area contributed by atoms with Crippen LogP contribution >= 0.6 is 0 Å². The Morgan fingerprint density at radius 1 is 1.00 bits per heavy atom. The third-order valence-corrected chi connectivity index (χ3v) is 6.24. The summed E-state index contributed by atoms with van der Waals surface area (Å²) < 4.78 is 8.71. The maximum Gasteiger partial charge on any atom is 0.294 e. The van der Waals surface area contributed by atoms with E-state index in [0.29, 0.717) is 5.88 Å². The Kier molecular flexibility index (Phi) is 3.62. The Hall–Kier alpha value is -2.94. The molecule has 0 spiro atoms. The van der Waals surface area contributed by atoms with Gasteiger partial charge in [-0.15, -0.1) is 0 Å². The molecule has 3 nitrogen and oxygen atoms in total. The van der Waals surface area contributed by atoms with Gasteiger partial charge in [0.05, 0.1) is 5.56 Å². The second kappa shape index (κ2) is 5.79. The van der Waals surface area contributed by atoms with Crippen molar-refractivity contribution in [2.75, 3.05) is 0 Å². The highest BCUT2D eigenvalue weighted by Crippen LogP contribution is 2.47. The fourth-order valence-corrected chi connectivity index (χ4v) is 4.66. The lowest BCUT2D eigenvalue weighted by atomic mass is 9.85. The van der Waals surface area contributed by atoms with Crippen LogP contribution in [0.15, 0.2) is 36.4 Å². The maximum absolute atomic E-state index is 6.45. The van der Waals surface area contributed by atoms with Crippen molar-refractivity contribution in [3.63, 3.8) is 0 Å². The van der Waals surface area contributed by atoms with Gasteiger partial charge in [-0.1, -0.05) is 45.0 Å². The largest absolute Gasteiger partial charge is 0.433 e. The van der Waals surface area contributed by atoms with E-state index in [1.807, 2.05) is 0 Å². The van der Waals surface area contributed by atoms with Crippen LogP contribution in [0.1, 0.15) is 43.0 Å². The van der Waals surface area contributed by atoms with Crippen LogP contribution in [0, 0.1) is 20.8 Å². The molecule has 1 aliphatic rings. The molecule has 0 saturated carbocycles. The van der Waals surface area contributed by atoms with E-state index < -0.39 is 0 Å². The number of hydrogen-bond acceptors (Lipinski definition) is 2. The number of nitrogens with zero attached hydrogens (tertiary/aromatic N) is 2. The van der Waals surface area contributed by atoms with Crippen LogP contribution < -0.4 is 9.30 Å². The molecule has 5 rings (SSSR count). The van der Waals surface area contributed by atoms with Crippen molar-refractivity contribution < 1.29 is 9.30 Å². The molecule has 0 radical (unpaired) electrons. The molecule has 0 atom stereocenters. The average Bonchev–Trinajstić information content (AvgIpc) is 2.63. The highest BCUT2D eigenvalue weighted by Gasteiger charge is 2.34. The van der Waals surface area contributed by atoms with Gasteiger partial charge in [0.15, 0.2) is 0 Å². The Labute approximate surface area is 172 Å². The highest BCUT2D eigenvalue weighted by molar-refractivity contribution is 6.05. The number of fused-ring (bicyclic) bond motifs is 3. The summed E-state index contributed by atoms with van der Waals surface area (Å²) in [6, 6.07) is 13.1. The van der Waals surface area contributed by atoms with E-state index >= 15 is 0 Å². The summed E-state index contributed by atoms with van der Waals surface area (Å²) in [5.41, 5.74) is 9.47. The monoisotopic (exact) mass is 383 g/mol. The first-order chi connectivity index (χ1) is 13.7. The molecule has 4 aromatic rings. The molecule has 0 amide bonds. The Balaban J connectivity index is 1.97. The van der Waals surface area contributed by atoms with E-state index in [0.717, 1.165) is 22.5 Å². The molecule has 3 heteroatoms. The normalized spacial score (nSPS) is 12.9. The highest BCUT2D eigenvalue weighted by atomic mass is 16.5. The van der Waals surface area contributed by atoms with E-state index in [-0.39, 0.29) is 5.41 Å². The summed E-state index contributed by atoms with van der Waals surface area (Å²) in [5.74, 6) is 1.61. The van der Waals surface area contributed by atoms with Crippen molar-refractivity contribution in [1.82, 2.24) is 4.98 Å². The lowest BCUT2D eigenvalue weighted by Crippen LogP contribution is -2.35. The molecule has 0 saturated heterocycles. The van der Waals surface area contributed by atoms with Crippen LogP contribution in [-0.4, -0.2) is 4.98 Å². The van der Waals surface area contributed by atoms with Gasteiger partial charge in [-0.2, -0.15) is 4.57 Å². The summed E-state index contributed by atoms with van der Waals surface area (Å²) in [4.78, 5) is 5.09. The van der Waals surface area contributed by atoms with Gasteiger partial charge in [0, 0.05) is 11.5 Å². The fourth-order valence-electron chi connectivity index (χ4n) is 4.66. The molecule has 29 heavy (non-hydrogen) atoms. The second-order valence-corrected chi connectivity index (χ2v) is 9.40. The third-order valence-electron chi connectivity index (χ3n) is 6.24. The minimum atomic E-state index is 0.00340. The van der Waals surface area contributed by atoms with Gasteiger partial charge >= 0.3 is 0 Å². The molecule has 146 valence electrons. The molecule has 0 N–H and O–H groups in total. The first-order valence-corrected chi connectivity index (χ1v) is 10.2. The number of aryl methyl sites for hydroxylation is 3. The molecule has 0 unspecified atom stereocenters. The Morgan fingerprint density at radius 2 is 1.76 bits per heavy atom. The summed E-state index contributed by atoms with van der Waals surface area (Å²) in [5, 5.41) is 2.42. The molecule has 1 aliphatic heterocycles. The van der Waals surface area contributed by atoms with E-state index in [9.17, 15) is 0 Å². The topological polar surface area (TPSA) is 26.0 Å². The number of ether oxygens (including phenoxy) is 1. The summed E-state index contributed by atoms with van der Waals surface area (Å²) in [6.07, 6.45) is 0. The average molecular weight is 384 g/mol. The van der Waals surface area contributed by atoms with Gasteiger partial charge in [0.25, 0.3) is 11.6 Å². The Morgan fingerprint density at radius 3 is 2.48 bits per heavy atom. The van der Waals surface area contributed by atoms with Crippen molar-refractivity contribution in [1.29, 1.82) is 0 Å². The van der Waals surface area contributed by atoms with E-state index in [2.05, 4.69) is 89.6 Å². The van der Waals surface area contributed by atoms with Crippen LogP contribution in [0.4, 0.5) is 0 Å². The van der Waals surface area contributed by atoms with Gasteiger partial charge in [0.1, 0.15) is 18.3 Å². The van der Waals surface area contributed by atoms with Crippen LogP contribution in [0.5, 0.6) is 11.6 Å². The Bertz CT molecular complexity index is 1340. The lowest BCUT2D eigenvalue weighted by molar-refractivity contribution is -0.634. The molecule has 0 aliphatic carbocycles. The summed E-state index contributed by atoms with van der Waals surface area (Å²) >= 11 is 0. The molecule has 0 bridgehead atoms. The molecule has 3 aromatic carbocycles. The van der Waals surface area contributed by atoms with Gasteiger partial charge in [-0.25, -0.2) is 4.98 Å². The van der Waals surface area contributed by atoms with Crippen molar-refractivity contribution in [2.45, 2.75) is 47.0 Å². The number of benzene rings is 3. The molecular formula is C26H27N2O+. The fraction of sp³-hybridized carbons (Fsp3) is 0.308. The number of hydrogen-bond donors (Lipinski definition) is 0. The standard InChI is InChI=1S/C26H27N2O/c1-14-11-17-13-15(2)16(3)21-22(17)20(12-14)29-25-24(21)28(7)19-10-8-9-18(23(19)27-25)26(4,5)6/h8-13H,1-7H3/q+1. The first kappa shape index (κ1) is 18.1. The van der Waals surface area contributed by atoms with Crippen molar-refractivity contribution in [2.24, 2.45) is 7.05 Å².